The third-order valence-corrected chi connectivity index (χ3v) is 6.44. The number of nitrogen functional groups attached to an aromatic ring is 1. The lowest BCUT2D eigenvalue weighted by Crippen LogP contribution is -2.39. The highest BCUT2D eigenvalue weighted by molar-refractivity contribution is 7.91. The molecule has 0 spiro atoms. The summed E-state index contributed by atoms with van der Waals surface area (Å²) in [7, 11) is -1.32. The van der Waals surface area contributed by atoms with Gasteiger partial charge in [0.1, 0.15) is 11.1 Å². The zero-order valence-electron chi connectivity index (χ0n) is 13.2. The van der Waals surface area contributed by atoms with Crippen LogP contribution in [0.2, 0.25) is 0 Å². The van der Waals surface area contributed by atoms with Crippen LogP contribution < -0.4 is 16.5 Å². The van der Waals surface area contributed by atoms with Crippen molar-refractivity contribution in [2.45, 2.75) is 5.25 Å². The van der Waals surface area contributed by atoms with Crippen molar-refractivity contribution >= 4 is 26.9 Å². The Morgan fingerprint density at radius 1 is 1.42 bits per heavy atom. The maximum absolute atomic E-state index is 12.4. The molecule has 4 N–H and O–H groups in total. The lowest BCUT2D eigenvalue weighted by Gasteiger charge is -2.23. The molecule has 4 heterocycles. The van der Waals surface area contributed by atoms with Gasteiger partial charge < -0.3 is 16.1 Å². The predicted octanol–water partition coefficient (Wildman–Crippen LogP) is -0.838. The Morgan fingerprint density at radius 2 is 2.25 bits per heavy atom. The number of fused-ring (bicyclic) bond motifs is 1. The molecule has 0 aromatic carbocycles. The minimum atomic E-state index is -3.23. The summed E-state index contributed by atoms with van der Waals surface area (Å²) in [6.07, 6.45) is 3.67. The van der Waals surface area contributed by atoms with Gasteiger partial charge >= 0.3 is 0 Å². The van der Waals surface area contributed by atoms with Crippen LogP contribution in [-0.2, 0) is 9.84 Å². The Balaban J connectivity index is 1.85. The van der Waals surface area contributed by atoms with Crippen molar-refractivity contribution in [3.8, 4) is 0 Å². The van der Waals surface area contributed by atoms with E-state index in [4.69, 9.17) is 5.73 Å². The van der Waals surface area contributed by atoms with Crippen LogP contribution in [0.1, 0.15) is 16.5 Å². The third kappa shape index (κ3) is 2.43. The number of rotatable bonds is 2. The molecule has 4 rings (SSSR count). The maximum Gasteiger partial charge on any atom is 0.165 e. The first-order chi connectivity index (χ1) is 11.5. The molecule has 0 radical (unpaired) electrons. The fourth-order valence-corrected chi connectivity index (χ4v) is 4.68. The van der Waals surface area contributed by atoms with Gasteiger partial charge in [-0.15, -0.1) is 0 Å². The van der Waals surface area contributed by atoms with Crippen LogP contribution in [0.15, 0.2) is 18.5 Å². The van der Waals surface area contributed by atoms with E-state index in [9.17, 15) is 8.42 Å². The smallest absolute Gasteiger partial charge is 0.165 e. The molecule has 2 aromatic rings. The summed E-state index contributed by atoms with van der Waals surface area (Å²) in [5.41, 5.74) is 12.2. The molecule has 0 bridgehead atoms. The number of nitrogens with two attached hydrogens (primary N) is 1. The minimum Gasteiger partial charge on any atom is -0.384 e. The second kappa shape index (κ2) is 5.43. The second-order valence-corrected chi connectivity index (χ2v) is 8.36. The summed E-state index contributed by atoms with van der Waals surface area (Å²) in [6.45, 7) is 1.48. The molecular weight excluding hydrogens is 330 g/mol. The fourth-order valence-electron chi connectivity index (χ4n) is 3.10. The van der Waals surface area contributed by atoms with Gasteiger partial charge in [0, 0.05) is 44.5 Å². The molecule has 1 atom stereocenters. The van der Waals surface area contributed by atoms with Crippen LogP contribution >= 0.6 is 0 Å². The Labute approximate surface area is 139 Å². The number of hydrogen-bond acceptors (Lipinski definition) is 8. The van der Waals surface area contributed by atoms with Crippen LogP contribution in [0.5, 0.6) is 0 Å². The maximum atomic E-state index is 12.4. The first-order valence-electron chi connectivity index (χ1n) is 7.69. The van der Waals surface area contributed by atoms with Crippen LogP contribution in [-0.4, -0.2) is 60.5 Å². The Morgan fingerprint density at radius 3 is 2.96 bits per heavy atom. The van der Waals surface area contributed by atoms with Gasteiger partial charge in [0.25, 0.3) is 0 Å². The SMILES string of the molecule is CN1C=C(c2cnn3c(N)cc(C4CNCCS4(=O)=O)nc23)CN1. The van der Waals surface area contributed by atoms with Crippen molar-refractivity contribution in [1.29, 1.82) is 0 Å². The standard InChI is InChI=1S/C14H19N7O2S/c1-20-8-9(5-17-20)10-6-18-21-13(15)4-11(19-14(10)21)12-7-16-2-3-24(12,22)23/h4,6,8,12,16-17H,2-3,5,7,15H2,1H3. The summed E-state index contributed by atoms with van der Waals surface area (Å²) in [5, 5.41) is 8.58. The summed E-state index contributed by atoms with van der Waals surface area (Å²) in [6, 6.07) is 1.60. The van der Waals surface area contributed by atoms with Gasteiger partial charge in [0.2, 0.25) is 0 Å². The molecule has 0 aliphatic carbocycles. The molecule has 1 fully saturated rings. The number of anilines is 1. The first kappa shape index (κ1) is 15.4. The number of hydrazine groups is 1. The Hall–Kier alpha value is -2.17. The summed E-state index contributed by atoms with van der Waals surface area (Å²) >= 11 is 0. The van der Waals surface area contributed by atoms with E-state index in [1.54, 1.807) is 16.8 Å². The van der Waals surface area contributed by atoms with Crippen molar-refractivity contribution < 1.29 is 8.42 Å². The normalized spacial score (nSPS) is 23.6. The highest BCUT2D eigenvalue weighted by atomic mass is 32.2. The zero-order chi connectivity index (χ0) is 16.9. The molecular formula is C14H19N7O2S. The van der Waals surface area contributed by atoms with Gasteiger partial charge in [-0.05, 0) is 5.57 Å². The molecule has 24 heavy (non-hydrogen) atoms. The largest absolute Gasteiger partial charge is 0.384 e. The molecule has 128 valence electrons. The van der Waals surface area contributed by atoms with Crippen molar-refractivity contribution in [3.63, 3.8) is 0 Å². The number of hydrogen-bond donors (Lipinski definition) is 3. The number of nitrogens with one attached hydrogen (secondary N) is 2. The van der Waals surface area contributed by atoms with E-state index in [1.165, 1.54) is 0 Å². The van der Waals surface area contributed by atoms with Crippen molar-refractivity contribution in [2.75, 3.05) is 38.2 Å². The number of aromatic nitrogens is 3. The monoisotopic (exact) mass is 349 g/mol. The first-order valence-corrected chi connectivity index (χ1v) is 9.41. The van der Waals surface area contributed by atoms with E-state index in [-0.39, 0.29) is 5.75 Å². The van der Waals surface area contributed by atoms with Crippen molar-refractivity contribution in [3.05, 3.63) is 29.7 Å². The minimum absolute atomic E-state index is 0.108. The highest BCUT2D eigenvalue weighted by Crippen LogP contribution is 2.28. The Bertz CT molecular complexity index is 934. The third-order valence-electron chi connectivity index (χ3n) is 4.39. The van der Waals surface area contributed by atoms with Gasteiger partial charge in [-0.2, -0.15) is 9.61 Å². The quantitative estimate of drug-likeness (QED) is 0.642. The molecule has 2 aliphatic rings. The molecule has 2 aliphatic heterocycles. The predicted molar refractivity (Wildman–Crippen MR) is 90.5 cm³/mol. The van der Waals surface area contributed by atoms with E-state index >= 15 is 0 Å². The zero-order valence-corrected chi connectivity index (χ0v) is 14.0. The molecule has 2 aromatic heterocycles. The van der Waals surface area contributed by atoms with E-state index in [0.717, 1.165) is 11.1 Å². The second-order valence-electron chi connectivity index (χ2n) is 6.06. The summed E-state index contributed by atoms with van der Waals surface area (Å²) in [5.74, 6) is 0.484. The van der Waals surface area contributed by atoms with E-state index in [2.05, 4.69) is 20.8 Å². The molecule has 10 heteroatoms. The fraction of sp³-hybridized carbons (Fsp3) is 0.429. The summed E-state index contributed by atoms with van der Waals surface area (Å²) in [4.78, 5) is 4.60. The van der Waals surface area contributed by atoms with Crippen molar-refractivity contribution in [2.24, 2.45) is 0 Å². The van der Waals surface area contributed by atoms with Crippen LogP contribution in [0.4, 0.5) is 5.82 Å². The molecule has 0 saturated carbocycles. The highest BCUT2D eigenvalue weighted by Gasteiger charge is 2.32. The van der Waals surface area contributed by atoms with Gasteiger partial charge in [-0.1, -0.05) is 0 Å². The molecule has 1 unspecified atom stereocenters. The Kier molecular flexibility index (Phi) is 3.48. The van der Waals surface area contributed by atoms with Crippen LogP contribution in [0.25, 0.3) is 11.2 Å². The molecule has 1 saturated heterocycles. The van der Waals surface area contributed by atoms with Gasteiger partial charge in [0.15, 0.2) is 15.5 Å². The average Bonchev–Trinajstić information content (AvgIpc) is 3.13. The number of nitrogens with zero attached hydrogens (tertiary/aromatic N) is 4. The lowest BCUT2D eigenvalue weighted by molar-refractivity contribution is 0.374. The average molecular weight is 349 g/mol. The van der Waals surface area contributed by atoms with Crippen molar-refractivity contribution in [1.82, 2.24) is 30.3 Å². The van der Waals surface area contributed by atoms with Crippen LogP contribution in [0.3, 0.4) is 0 Å². The van der Waals surface area contributed by atoms with Gasteiger partial charge in [0.05, 0.1) is 17.6 Å². The van der Waals surface area contributed by atoms with Crippen LogP contribution in [0, 0.1) is 0 Å². The van der Waals surface area contributed by atoms with Gasteiger partial charge in [-0.3, -0.25) is 0 Å². The van der Waals surface area contributed by atoms with E-state index in [1.807, 2.05) is 18.3 Å². The molecule has 9 nitrogen and oxygen atoms in total. The lowest BCUT2D eigenvalue weighted by atomic mass is 10.1. The van der Waals surface area contributed by atoms with Gasteiger partial charge in [-0.25, -0.2) is 18.8 Å². The number of sulfone groups is 1. The molecule has 0 amide bonds. The summed E-state index contributed by atoms with van der Waals surface area (Å²) < 4.78 is 26.3. The van der Waals surface area contributed by atoms with E-state index in [0.29, 0.717) is 36.8 Å². The topological polar surface area (TPSA) is 118 Å². The van der Waals surface area contributed by atoms with E-state index < -0.39 is 15.1 Å².